The Morgan fingerprint density at radius 3 is 2.13 bits per heavy atom. The first-order valence-electron chi connectivity index (χ1n) is 8.11. The van der Waals surface area contributed by atoms with Gasteiger partial charge in [0.05, 0.1) is 0 Å². The van der Waals surface area contributed by atoms with Gasteiger partial charge in [-0.1, -0.05) is 31.8 Å². The molecule has 0 aliphatic carbocycles. The van der Waals surface area contributed by atoms with Gasteiger partial charge in [0.2, 0.25) is 0 Å². The minimum Gasteiger partial charge on any atom is -0.465 e. The molecule has 0 heterocycles. The molecule has 6 nitrogen and oxygen atoms in total. The number of allylic oxidation sites excluding steroid dienone is 2. The largest absolute Gasteiger partial charge is 0.465 e. The Bertz CT molecular complexity index is 398. The van der Waals surface area contributed by atoms with Gasteiger partial charge < -0.3 is 9.84 Å². The van der Waals surface area contributed by atoms with Crippen molar-refractivity contribution < 1.29 is 24.2 Å². The maximum absolute atomic E-state index is 11.8. The van der Waals surface area contributed by atoms with E-state index in [9.17, 15) is 14.4 Å². The lowest BCUT2D eigenvalue weighted by Gasteiger charge is -2.24. The third-order valence-corrected chi connectivity index (χ3v) is 3.06. The topological polar surface area (TPSA) is 83.9 Å². The van der Waals surface area contributed by atoms with E-state index in [-0.39, 0.29) is 6.54 Å². The fourth-order valence-electron chi connectivity index (χ4n) is 1.97. The zero-order chi connectivity index (χ0) is 17.7. The number of aldehydes is 1. The van der Waals surface area contributed by atoms with Crippen molar-refractivity contribution in [2.75, 3.05) is 6.54 Å². The van der Waals surface area contributed by atoms with Crippen molar-refractivity contribution in [3.63, 3.8) is 0 Å². The molecule has 0 atom stereocenters. The number of amides is 2. The van der Waals surface area contributed by atoms with E-state index in [2.05, 4.69) is 0 Å². The van der Waals surface area contributed by atoms with Crippen LogP contribution in [-0.4, -0.2) is 40.6 Å². The van der Waals surface area contributed by atoms with Crippen LogP contribution in [-0.2, 0) is 9.53 Å². The lowest BCUT2D eigenvalue weighted by atomic mass is 10.1. The quantitative estimate of drug-likeness (QED) is 0.365. The van der Waals surface area contributed by atoms with Gasteiger partial charge in [-0.3, -0.25) is 4.79 Å². The van der Waals surface area contributed by atoms with Crippen LogP contribution in [0.3, 0.4) is 0 Å². The molecule has 2 amide bonds. The van der Waals surface area contributed by atoms with Gasteiger partial charge in [0.1, 0.15) is 11.9 Å². The Morgan fingerprint density at radius 1 is 1.04 bits per heavy atom. The van der Waals surface area contributed by atoms with Gasteiger partial charge in [-0.15, -0.1) is 0 Å². The van der Waals surface area contributed by atoms with Crippen LogP contribution in [0.2, 0.25) is 0 Å². The molecule has 0 rings (SSSR count). The van der Waals surface area contributed by atoms with Crippen LogP contribution in [0.4, 0.5) is 9.59 Å². The Balaban J connectivity index is 3.85. The summed E-state index contributed by atoms with van der Waals surface area (Å²) in [5.74, 6) is 0. The Labute approximate surface area is 138 Å². The third-order valence-electron chi connectivity index (χ3n) is 3.06. The molecule has 6 heteroatoms. The smallest absolute Gasteiger partial charge is 0.419 e. The lowest BCUT2D eigenvalue weighted by Crippen LogP contribution is -2.40. The highest BCUT2D eigenvalue weighted by Gasteiger charge is 2.26. The molecule has 1 N–H and O–H groups in total. The van der Waals surface area contributed by atoms with Gasteiger partial charge in [-0.05, 0) is 46.1 Å². The number of unbranched alkanes of at least 4 members (excludes halogenated alkanes) is 6. The van der Waals surface area contributed by atoms with Crippen molar-refractivity contribution in [1.82, 2.24) is 4.90 Å². The number of imide groups is 1. The minimum absolute atomic E-state index is 0.159. The summed E-state index contributed by atoms with van der Waals surface area (Å²) in [5.41, 5.74) is -0.705. The van der Waals surface area contributed by atoms with E-state index >= 15 is 0 Å². The van der Waals surface area contributed by atoms with Crippen LogP contribution in [0.15, 0.2) is 12.2 Å². The fraction of sp³-hybridized carbons (Fsp3) is 0.706. The summed E-state index contributed by atoms with van der Waals surface area (Å²) in [6, 6.07) is 0. The normalized spacial score (nSPS) is 11.4. The second kappa shape index (κ2) is 11.7. The van der Waals surface area contributed by atoms with Gasteiger partial charge in [0.15, 0.2) is 0 Å². The molecule has 0 aliphatic heterocycles. The standard InChI is InChI=1S/C17H29NO5/c1-17(2,3)23-16(22)18(15(20)21)13-11-9-7-5-4-6-8-10-12-14-19/h10,12,14H,4-9,11,13H2,1-3H3,(H,20,21). The fourth-order valence-corrected chi connectivity index (χ4v) is 1.97. The zero-order valence-electron chi connectivity index (χ0n) is 14.4. The number of carbonyl (C=O) groups excluding carboxylic acids is 2. The van der Waals surface area contributed by atoms with Gasteiger partial charge in [0, 0.05) is 6.54 Å². The van der Waals surface area contributed by atoms with E-state index in [1.165, 1.54) is 6.08 Å². The van der Waals surface area contributed by atoms with Crippen molar-refractivity contribution in [1.29, 1.82) is 0 Å². The summed E-state index contributed by atoms with van der Waals surface area (Å²) in [6.45, 7) is 5.27. The number of hydrogen-bond acceptors (Lipinski definition) is 4. The van der Waals surface area contributed by atoms with Gasteiger partial charge in [-0.2, -0.15) is 0 Å². The number of nitrogens with zero attached hydrogens (tertiary/aromatic N) is 1. The molecule has 0 aromatic carbocycles. The first-order valence-corrected chi connectivity index (χ1v) is 8.11. The first-order chi connectivity index (χ1) is 10.8. The number of rotatable bonds is 10. The molecule has 0 aromatic heterocycles. The highest BCUT2D eigenvalue weighted by Crippen LogP contribution is 2.12. The summed E-state index contributed by atoms with van der Waals surface area (Å²) in [6.07, 6.45) is 8.66. The molecule has 0 spiro atoms. The second-order valence-electron chi connectivity index (χ2n) is 6.39. The highest BCUT2D eigenvalue weighted by molar-refractivity contribution is 5.86. The van der Waals surface area contributed by atoms with Crippen molar-refractivity contribution in [3.05, 3.63) is 12.2 Å². The predicted molar refractivity (Wildman–Crippen MR) is 88.5 cm³/mol. The molecule has 0 radical (unpaired) electrons. The van der Waals surface area contributed by atoms with E-state index in [4.69, 9.17) is 9.84 Å². The number of carboxylic acid groups (broad SMARTS) is 1. The molecular formula is C17H29NO5. The average Bonchev–Trinajstić information content (AvgIpc) is 2.42. The van der Waals surface area contributed by atoms with Crippen molar-refractivity contribution >= 4 is 18.5 Å². The molecule has 0 unspecified atom stereocenters. The third kappa shape index (κ3) is 12.4. The van der Waals surface area contributed by atoms with Crippen LogP contribution in [0.5, 0.6) is 0 Å². The average molecular weight is 327 g/mol. The molecule has 23 heavy (non-hydrogen) atoms. The Kier molecular flexibility index (Phi) is 10.7. The van der Waals surface area contributed by atoms with E-state index in [1.807, 2.05) is 6.08 Å². The molecule has 132 valence electrons. The summed E-state index contributed by atoms with van der Waals surface area (Å²) in [4.78, 5) is 33.7. The highest BCUT2D eigenvalue weighted by atomic mass is 16.6. The molecule has 0 saturated carbocycles. The maximum Gasteiger partial charge on any atom is 0.419 e. The molecule has 0 bridgehead atoms. The monoisotopic (exact) mass is 327 g/mol. The van der Waals surface area contributed by atoms with Crippen molar-refractivity contribution in [3.8, 4) is 0 Å². The van der Waals surface area contributed by atoms with Gasteiger partial charge >= 0.3 is 12.2 Å². The zero-order valence-corrected chi connectivity index (χ0v) is 14.4. The van der Waals surface area contributed by atoms with Crippen LogP contribution in [0, 0.1) is 0 Å². The van der Waals surface area contributed by atoms with Crippen LogP contribution in [0.1, 0.15) is 65.7 Å². The Hall–Kier alpha value is -1.85. The van der Waals surface area contributed by atoms with Gasteiger partial charge in [0.25, 0.3) is 0 Å². The molecular weight excluding hydrogens is 298 g/mol. The van der Waals surface area contributed by atoms with Crippen LogP contribution in [0.25, 0.3) is 0 Å². The van der Waals surface area contributed by atoms with E-state index < -0.39 is 17.8 Å². The summed E-state index contributed by atoms with van der Waals surface area (Å²) in [7, 11) is 0. The number of hydrogen-bond donors (Lipinski definition) is 1. The van der Waals surface area contributed by atoms with E-state index in [0.717, 1.165) is 49.7 Å². The Morgan fingerprint density at radius 2 is 1.61 bits per heavy atom. The number of ether oxygens (including phenoxy) is 1. The first kappa shape index (κ1) is 21.1. The summed E-state index contributed by atoms with van der Waals surface area (Å²) in [5, 5.41) is 9.08. The minimum atomic E-state index is -1.28. The maximum atomic E-state index is 11.8. The van der Waals surface area contributed by atoms with Crippen LogP contribution >= 0.6 is 0 Å². The van der Waals surface area contributed by atoms with E-state index in [0.29, 0.717) is 6.42 Å². The van der Waals surface area contributed by atoms with Crippen molar-refractivity contribution in [2.24, 2.45) is 0 Å². The number of carbonyl (C=O) groups is 3. The molecule has 0 aliphatic rings. The summed E-state index contributed by atoms with van der Waals surface area (Å²) >= 11 is 0. The predicted octanol–water partition coefficient (Wildman–Crippen LogP) is 4.39. The second-order valence-corrected chi connectivity index (χ2v) is 6.39. The summed E-state index contributed by atoms with van der Waals surface area (Å²) < 4.78 is 5.08. The molecule has 0 aromatic rings. The SMILES string of the molecule is CC(C)(C)OC(=O)N(CCCCCCCCC=CC=O)C(=O)O. The lowest BCUT2D eigenvalue weighted by molar-refractivity contribution is -0.104. The van der Waals surface area contributed by atoms with Crippen molar-refractivity contribution in [2.45, 2.75) is 71.3 Å². The molecule has 0 saturated heterocycles. The van der Waals surface area contributed by atoms with Crippen LogP contribution < -0.4 is 0 Å². The molecule has 0 fully saturated rings. The van der Waals surface area contributed by atoms with E-state index in [1.54, 1.807) is 20.8 Å². The van der Waals surface area contributed by atoms with Gasteiger partial charge in [-0.25, -0.2) is 14.5 Å².